The Morgan fingerprint density at radius 1 is 1.16 bits per heavy atom. The average Bonchev–Trinajstić information content (AvgIpc) is 3.57. The summed E-state index contributed by atoms with van der Waals surface area (Å²) in [6.45, 7) is 1.90. The summed E-state index contributed by atoms with van der Waals surface area (Å²) >= 11 is 0. The van der Waals surface area contributed by atoms with Crippen molar-refractivity contribution in [2.45, 2.75) is 37.7 Å². The smallest absolute Gasteiger partial charge is 0.335 e. The van der Waals surface area contributed by atoms with Gasteiger partial charge in [-0.3, -0.25) is 4.79 Å². The molecule has 4 atom stereocenters. The van der Waals surface area contributed by atoms with Crippen LogP contribution in [0.2, 0.25) is 0 Å². The number of hydrogen-bond acceptors (Lipinski definition) is 7. The Bertz CT molecular complexity index is 1470. The van der Waals surface area contributed by atoms with Crippen LogP contribution in [0.25, 0.3) is 11.1 Å². The number of carbonyl (C=O) groups is 2. The molecule has 10 heteroatoms. The van der Waals surface area contributed by atoms with E-state index < -0.39 is 41.9 Å². The van der Waals surface area contributed by atoms with Gasteiger partial charge in [0.2, 0.25) is 5.78 Å². The first kappa shape index (κ1) is 25.3. The molecule has 1 aromatic heterocycles. The largest absolute Gasteiger partial charge is 0.481 e. The van der Waals surface area contributed by atoms with Crippen molar-refractivity contribution in [1.29, 1.82) is 0 Å². The molecule has 3 N–H and O–H groups in total. The summed E-state index contributed by atoms with van der Waals surface area (Å²) in [5.41, 5.74) is 1.72. The van der Waals surface area contributed by atoms with E-state index in [0.717, 1.165) is 12.0 Å². The van der Waals surface area contributed by atoms with Crippen molar-refractivity contribution < 1.29 is 32.6 Å². The maximum Gasteiger partial charge on any atom is 0.335 e. The first-order chi connectivity index (χ1) is 18.3. The molecule has 196 valence electrons. The molecule has 4 aromatic rings. The van der Waals surface area contributed by atoms with Gasteiger partial charge in [0.05, 0.1) is 11.6 Å². The zero-order chi connectivity index (χ0) is 26.8. The Morgan fingerprint density at radius 3 is 2.61 bits per heavy atom. The third-order valence-corrected chi connectivity index (χ3v) is 6.63. The first-order valence-electron chi connectivity index (χ1n) is 12.1. The van der Waals surface area contributed by atoms with E-state index in [-0.39, 0.29) is 35.4 Å². The van der Waals surface area contributed by atoms with E-state index in [4.69, 9.17) is 9.15 Å². The summed E-state index contributed by atoms with van der Waals surface area (Å²) in [5, 5.41) is 15.3. The van der Waals surface area contributed by atoms with Crippen molar-refractivity contribution in [3.8, 4) is 5.75 Å². The summed E-state index contributed by atoms with van der Waals surface area (Å²) in [7, 11) is 0. The van der Waals surface area contributed by atoms with Crippen molar-refractivity contribution >= 4 is 28.5 Å². The molecule has 1 saturated heterocycles. The van der Waals surface area contributed by atoms with Gasteiger partial charge in [-0.05, 0) is 55.3 Å². The number of carbonyl (C=O) groups excluding carboxylic acids is 1. The van der Waals surface area contributed by atoms with Gasteiger partial charge in [-0.25, -0.2) is 18.6 Å². The Labute approximate surface area is 216 Å². The Hall–Kier alpha value is -4.31. The van der Waals surface area contributed by atoms with E-state index in [1.807, 2.05) is 19.1 Å². The van der Waals surface area contributed by atoms with Crippen LogP contribution in [0.5, 0.6) is 5.75 Å². The van der Waals surface area contributed by atoms with Gasteiger partial charge in [-0.1, -0.05) is 24.3 Å². The lowest BCUT2D eigenvalue weighted by Crippen LogP contribution is -2.47. The lowest BCUT2D eigenvalue weighted by Gasteiger charge is -2.29. The molecule has 1 aliphatic heterocycles. The standard InChI is InChI=1S/C28H25F2N3O5/c1-15-4-2-3-5-20(15)33-24(19-10-11-21-26(23(19)30)37-14-32-21)25(34)27(22-12-17(29)13-31-22)38-18-8-6-16(7-9-18)28(35)36/h2-11,14,17,22,24,27,31,33H,12-13H2,1H3,(H,35,36)/t17-,22-,24?,27?/m0/s1. The second kappa shape index (κ2) is 10.6. The Morgan fingerprint density at radius 2 is 1.92 bits per heavy atom. The Balaban J connectivity index is 1.56. The summed E-state index contributed by atoms with van der Waals surface area (Å²) in [4.78, 5) is 29.4. The molecular weight excluding hydrogens is 496 g/mol. The second-order valence-electron chi connectivity index (χ2n) is 9.18. The minimum Gasteiger partial charge on any atom is -0.481 e. The quantitative estimate of drug-likeness (QED) is 0.287. The monoisotopic (exact) mass is 521 g/mol. The number of ketones is 1. The number of nitrogens with one attached hydrogen (secondary N) is 2. The van der Waals surface area contributed by atoms with Crippen molar-refractivity contribution in [2.24, 2.45) is 0 Å². The number of halogens is 2. The summed E-state index contributed by atoms with van der Waals surface area (Å²) in [6.07, 6.45) is -1.26. The lowest BCUT2D eigenvalue weighted by atomic mass is 9.93. The normalized spacial score (nSPS) is 18.7. The number of aryl methyl sites for hydroxylation is 1. The van der Waals surface area contributed by atoms with E-state index in [2.05, 4.69) is 15.6 Å². The van der Waals surface area contributed by atoms with E-state index in [9.17, 15) is 19.1 Å². The van der Waals surface area contributed by atoms with E-state index >= 15 is 4.39 Å². The molecule has 8 nitrogen and oxygen atoms in total. The number of Topliss-reactive ketones (excluding diaryl/α,β-unsaturated/α-hetero) is 1. The van der Waals surface area contributed by atoms with Gasteiger partial charge in [0.1, 0.15) is 23.5 Å². The third-order valence-electron chi connectivity index (χ3n) is 6.63. The molecule has 0 spiro atoms. The van der Waals surface area contributed by atoms with Crippen molar-refractivity contribution in [1.82, 2.24) is 10.3 Å². The number of rotatable bonds is 9. The number of carboxylic acids is 1. The van der Waals surface area contributed by atoms with Crippen molar-refractivity contribution in [3.63, 3.8) is 0 Å². The number of anilines is 1. The van der Waals surface area contributed by atoms with Gasteiger partial charge in [-0.15, -0.1) is 0 Å². The molecule has 1 fully saturated rings. The van der Waals surface area contributed by atoms with Gasteiger partial charge in [0, 0.05) is 17.8 Å². The Kier molecular flexibility index (Phi) is 7.06. The molecule has 0 amide bonds. The molecule has 5 rings (SSSR count). The highest BCUT2D eigenvalue weighted by Crippen LogP contribution is 2.32. The van der Waals surface area contributed by atoms with Gasteiger partial charge in [0.25, 0.3) is 0 Å². The molecule has 0 radical (unpaired) electrons. The molecule has 3 aromatic carbocycles. The van der Waals surface area contributed by atoms with E-state index in [1.54, 1.807) is 18.2 Å². The number of para-hydroxylation sites is 1. The molecule has 38 heavy (non-hydrogen) atoms. The summed E-state index contributed by atoms with van der Waals surface area (Å²) < 4.78 is 41.2. The number of benzene rings is 3. The third kappa shape index (κ3) is 5.08. The maximum absolute atomic E-state index is 15.7. The minimum absolute atomic E-state index is 0.0182. The molecule has 2 unspecified atom stereocenters. The number of aromatic carboxylic acids is 1. The fourth-order valence-corrected chi connectivity index (χ4v) is 4.60. The molecule has 1 aliphatic rings. The zero-order valence-electron chi connectivity index (χ0n) is 20.4. The molecule has 2 heterocycles. The van der Waals surface area contributed by atoms with Crippen LogP contribution in [-0.4, -0.2) is 46.7 Å². The highest BCUT2D eigenvalue weighted by molar-refractivity contribution is 5.94. The molecular formula is C28H25F2N3O5. The topological polar surface area (TPSA) is 114 Å². The molecule has 0 saturated carbocycles. The average molecular weight is 522 g/mol. The van der Waals surface area contributed by atoms with Gasteiger partial charge in [0.15, 0.2) is 23.9 Å². The number of carboxylic acid groups (broad SMARTS) is 1. The number of fused-ring (bicyclic) bond motifs is 1. The predicted octanol–water partition coefficient (Wildman–Crippen LogP) is 4.84. The van der Waals surface area contributed by atoms with Crippen LogP contribution < -0.4 is 15.4 Å². The summed E-state index contributed by atoms with van der Waals surface area (Å²) in [5.74, 6) is -2.17. The first-order valence-corrected chi connectivity index (χ1v) is 12.1. The molecule has 0 bridgehead atoms. The number of alkyl halides is 1. The highest BCUT2D eigenvalue weighted by Gasteiger charge is 2.41. The number of ether oxygens (including phenoxy) is 1. The van der Waals surface area contributed by atoms with E-state index in [1.165, 1.54) is 30.3 Å². The van der Waals surface area contributed by atoms with Crippen molar-refractivity contribution in [3.05, 3.63) is 89.6 Å². The van der Waals surface area contributed by atoms with Crippen LogP contribution in [-0.2, 0) is 4.79 Å². The van der Waals surface area contributed by atoms with Gasteiger partial charge in [-0.2, -0.15) is 0 Å². The second-order valence-corrected chi connectivity index (χ2v) is 9.18. The fraction of sp³-hybridized carbons (Fsp3) is 0.250. The molecule has 0 aliphatic carbocycles. The van der Waals surface area contributed by atoms with Crippen LogP contribution in [0, 0.1) is 12.7 Å². The number of nitrogens with zero attached hydrogens (tertiary/aromatic N) is 1. The maximum atomic E-state index is 15.7. The fourth-order valence-electron chi connectivity index (χ4n) is 4.60. The van der Waals surface area contributed by atoms with Crippen LogP contribution >= 0.6 is 0 Å². The zero-order valence-corrected chi connectivity index (χ0v) is 20.4. The number of aromatic nitrogens is 1. The van der Waals surface area contributed by atoms with Gasteiger partial charge < -0.3 is 24.9 Å². The minimum atomic E-state index is -1.23. The predicted molar refractivity (Wildman–Crippen MR) is 136 cm³/mol. The highest BCUT2D eigenvalue weighted by atomic mass is 19.1. The number of oxazole rings is 1. The van der Waals surface area contributed by atoms with Crippen molar-refractivity contribution in [2.75, 3.05) is 11.9 Å². The van der Waals surface area contributed by atoms with Crippen LogP contribution in [0.4, 0.5) is 14.5 Å². The van der Waals surface area contributed by atoms with Crippen LogP contribution in [0.3, 0.4) is 0 Å². The van der Waals surface area contributed by atoms with Crippen LogP contribution in [0.1, 0.15) is 33.9 Å². The SMILES string of the molecule is Cc1ccccc1NC(C(=O)C(Oc1ccc(C(=O)O)cc1)[C@@H]1C[C@H](F)CN1)c1ccc2ncoc2c1F. The lowest BCUT2D eigenvalue weighted by molar-refractivity contribution is -0.128. The van der Waals surface area contributed by atoms with Gasteiger partial charge >= 0.3 is 5.97 Å². The van der Waals surface area contributed by atoms with Crippen LogP contribution in [0.15, 0.2) is 71.5 Å². The summed E-state index contributed by atoms with van der Waals surface area (Å²) in [6, 6.07) is 13.9. The number of hydrogen-bond donors (Lipinski definition) is 3. The van der Waals surface area contributed by atoms with E-state index in [0.29, 0.717) is 11.2 Å².